The van der Waals surface area contributed by atoms with Crippen molar-refractivity contribution in [3.8, 4) is 11.8 Å². The van der Waals surface area contributed by atoms with E-state index in [1.807, 2.05) is 13.8 Å². The number of aliphatic hydroxyl groups is 2. The van der Waals surface area contributed by atoms with E-state index in [1.165, 1.54) is 0 Å². The zero-order chi connectivity index (χ0) is 11.1. The van der Waals surface area contributed by atoms with E-state index < -0.39 is 12.2 Å². The van der Waals surface area contributed by atoms with Crippen molar-refractivity contribution in [2.45, 2.75) is 39.9 Å². The molecule has 0 aromatic carbocycles. The summed E-state index contributed by atoms with van der Waals surface area (Å²) in [5.41, 5.74) is 1.67. The quantitative estimate of drug-likeness (QED) is 0.656. The highest BCUT2D eigenvalue weighted by molar-refractivity contribution is 5.29. The summed E-state index contributed by atoms with van der Waals surface area (Å²) in [6.45, 7) is 7.05. The van der Waals surface area contributed by atoms with E-state index in [4.69, 9.17) is 10.2 Å². The van der Waals surface area contributed by atoms with Gasteiger partial charge in [-0.2, -0.15) is 0 Å². The molecule has 14 heavy (non-hydrogen) atoms. The highest BCUT2D eigenvalue weighted by Crippen LogP contribution is 1.99. The largest absolute Gasteiger partial charge is 0.389 e. The molecular formula is C12H18O2. The lowest BCUT2D eigenvalue weighted by molar-refractivity contribution is 0.231. The highest BCUT2D eigenvalue weighted by atomic mass is 16.3. The molecule has 0 radical (unpaired) electrons. The Morgan fingerprint density at radius 3 is 1.43 bits per heavy atom. The minimum atomic E-state index is -0.453. The van der Waals surface area contributed by atoms with Crippen LogP contribution in [0.3, 0.4) is 0 Å². The Balaban J connectivity index is 4.34. The maximum Gasteiger partial charge on any atom is 0.0728 e. The van der Waals surface area contributed by atoms with Gasteiger partial charge in [0.15, 0.2) is 0 Å². The Labute approximate surface area is 86.0 Å². The zero-order valence-corrected chi connectivity index (χ0v) is 9.20. The molecule has 2 N–H and O–H groups in total. The molecule has 0 aromatic heterocycles. The third-order valence-corrected chi connectivity index (χ3v) is 2.00. The number of hydrogen-bond acceptors (Lipinski definition) is 2. The fourth-order valence-electron chi connectivity index (χ4n) is 0.552. The number of allylic oxidation sites excluding steroid dienone is 2. The van der Waals surface area contributed by atoms with Crippen LogP contribution in [0, 0.1) is 11.8 Å². The molecule has 0 bridgehead atoms. The first kappa shape index (κ1) is 13.0. The van der Waals surface area contributed by atoms with E-state index >= 15 is 0 Å². The van der Waals surface area contributed by atoms with Crippen LogP contribution < -0.4 is 0 Å². The Morgan fingerprint density at radius 1 is 0.929 bits per heavy atom. The summed E-state index contributed by atoms with van der Waals surface area (Å²) in [5, 5.41) is 18.3. The van der Waals surface area contributed by atoms with Crippen LogP contribution in [0.5, 0.6) is 0 Å². The second-order valence-corrected chi connectivity index (χ2v) is 3.42. The minimum absolute atomic E-state index is 0.453. The summed E-state index contributed by atoms with van der Waals surface area (Å²) >= 11 is 0. The lowest BCUT2D eigenvalue weighted by atomic mass is 10.1. The molecule has 0 rings (SSSR count). The average Bonchev–Trinajstić information content (AvgIpc) is 2.11. The van der Waals surface area contributed by atoms with Gasteiger partial charge in [-0.1, -0.05) is 11.8 Å². The molecule has 0 amide bonds. The van der Waals surface area contributed by atoms with Gasteiger partial charge in [0.2, 0.25) is 0 Å². The third kappa shape index (κ3) is 5.58. The van der Waals surface area contributed by atoms with E-state index in [0.717, 1.165) is 11.1 Å². The topological polar surface area (TPSA) is 40.5 Å². The lowest BCUT2D eigenvalue weighted by Crippen LogP contribution is -2.00. The van der Waals surface area contributed by atoms with E-state index in [9.17, 15) is 0 Å². The molecule has 0 aliphatic heterocycles. The van der Waals surface area contributed by atoms with Crippen LogP contribution in [0.15, 0.2) is 23.3 Å². The fourth-order valence-corrected chi connectivity index (χ4v) is 0.552. The van der Waals surface area contributed by atoms with E-state index in [0.29, 0.717) is 0 Å². The molecule has 2 atom stereocenters. The molecular weight excluding hydrogens is 176 g/mol. The predicted octanol–water partition coefficient (Wildman–Crippen LogP) is 1.64. The molecule has 78 valence electrons. The Bertz CT molecular complexity index is 257. The van der Waals surface area contributed by atoms with Gasteiger partial charge in [0, 0.05) is 0 Å². The van der Waals surface area contributed by atoms with Crippen LogP contribution in [-0.4, -0.2) is 22.4 Å². The molecule has 0 saturated heterocycles. The maximum absolute atomic E-state index is 9.13. The monoisotopic (exact) mass is 194 g/mol. The molecule has 2 nitrogen and oxygen atoms in total. The van der Waals surface area contributed by atoms with Crippen molar-refractivity contribution >= 4 is 0 Å². The van der Waals surface area contributed by atoms with Crippen molar-refractivity contribution in [2.24, 2.45) is 0 Å². The Hall–Kier alpha value is -1.04. The summed E-state index contributed by atoms with van der Waals surface area (Å²) < 4.78 is 0. The van der Waals surface area contributed by atoms with Gasteiger partial charge in [0.1, 0.15) is 0 Å². The molecule has 0 aromatic rings. The first-order valence-corrected chi connectivity index (χ1v) is 4.65. The summed E-state index contributed by atoms with van der Waals surface area (Å²) in [6, 6.07) is 0. The van der Waals surface area contributed by atoms with Crippen molar-refractivity contribution in [3.05, 3.63) is 23.3 Å². The second-order valence-electron chi connectivity index (χ2n) is 3.42. The van der Waals surface area contributed by atoms with Crippen molar-refractivity contribution in [2.75, 3.05) is 0 Å². The zero-order valence-electron chi connectivity index (χ0n) is 9.20. The van der Waals surface area contributed by atoms with Crippen molar-refractivity contribution in [1.82, 2.24) is 0 Å². The van der Waals surface area contributed by atoms with Gasteiger partial charge in [-0.05, 0) is 51.0 Å². The van der Waals surface area contributed by atoms with Crippen LogP contribution in [0.4, 0.5) is 0 Å². The molecule has 0 aliphatic rings. The van der Waals surface area contributed by atoms with Gasteiger partial charge in [0.05, 0.1) is 12.2 Å². The fraction of sp³-hybridized carbons (Fsp3) is 0.500. The predicted molar refractivity (Wildman–Crippen MR) is 58.7 cm³/mol. The summed E-state index contributed by atoms with van der Waals surface area (Å²) in [5.74, 6) is 5.59. The van der Waals surface area contributed by atoms with Gasteiger partial charge >= 0.3 is 0 Å². The van der Waals surface area contributed by atoms with Crippen molar-refractivity contribution in [3.63, 3.8) is 0 Å². The van der Waals surface area contributed by atoms with Crippen molar-refractivity contribution < 1.29 is 10.2 Å². The van der Waals surface area contributed by atoms with Gasteiger partial charge < -0.3 is 10.2 Å². The minimum Gasteiger partial charge on any atom is -0.389 e. The average molecular weight is 194 g/mol. The van der Waals surface area contributed by atoms with Crippen LogP contribution in [-0.2, 0) is 0 Å². The normalized spacial score (nSPS) is 17.0. The smallest absolute Gasteiger partial charge is 0.0728 e. The number of aliphatic hydroxyl groups excluding tert-OH is 2. The SMILES string of the molecule is C/C(=C\C#C/C=C(\C)C(C)O)C(C)O. The molecule has 2 heteroatoms. The van der Waals surface area contributed by atoms with Crippen molar-refractivity contribution in [1.29, 1.82) is 0 Å². The highest BCUT2D eigenvalue weighted by Gasteiger charge is 1.95. The van der Waals surface area contributed by atoms with E-state index in [-0.39, 0.29) is 0 Å². The van der Waals surface area contributed by atoms with E-state index in [1.54, 1.807) is 26.0 Å². The summed E-state index contributed by atoms with van der Waals surface area (Å²) in [4.78, 5) is 0. The van der Waals surface area contributed by atoms with Crippen LogP contribution in [0.2, 0.25) is 0 Å². The Morgan fingerprint density at radius 2 is 1.21 bits per heavy atom. The molecule has 0 aliphatic carbocycles. The molecule has 2 unspecified atom stereocenters. The molecule has 0 spiro atoms. The lowest BCUT2D eigenvalue weighted by Gasteiger charge is -2.00. The summed E-state index contributed by atoms with van der Waals surface area (Å²) in [6.07, 6.45) is 2.45. The number of hydrogen-bond donors (Lipinski definition) is 2. The maximum atomic E-state index is 9.13. The van der Waals surface area contributed by atoms with Gasteiger partial charge in [-0.25, -0.2) is 0 Å². The first-order chi connectivity index (χ1) is 6.45. The first-order valence-electron chi connectivity index (χ1n) is 4.65. The Kier molecular flexibility index (Phi) is 5.94. The van der Waals surface area contributed by atoms with E-state index in [2.05, 4.69) is 11.8 Å². The molecule has 0 fully saturated rings. The van der Waals surface area contributed by atoms with Crippen LogP contribution in [0.1, 0.15) is 27.7 Å². The molecule has 0 saturated carbocycles. The molecule has 0 heterocycles. The van der Waals surface area contributed by atoms with Crippen LogP contribution >= 0.6 is 0 Å². The third-order valence-electron chi connectivity index (χ3n) is 2.00. The van der Waals surface area contributed by atoms with Crippen LogP contribution in [0.25, 0.3) is 0 Å². The van der Waals surface area contributed by atoms with Gasteiger partial charge in [0.25, 0.3) is 0 Å². The second kappa shape index (κ2) is 6.42. The van der Waals surface area contributed by atoms with Gasteiger partial charge in [-0.15, -0.1) is 0 Å². The number of rotatable bonds is 2. The standard InChI is InChI=1S/C12H18O2/c1-9(11(3)13)7-5-6-8-10(2)12(4)14/h7-8,11-14H,1-4H3/b9-7+,10-8+. The summed E-state index contributed by atoms with van der Waals surface area (Å²) in [7, 11) is 0. The van der Waals surface area contributed by atoms with Gasteiger partial charge in [-0.3, -0.25) is 0 Å².